The fourth-order valence-electron chi connectivity index (χ4n) is 1.15. The van der Waals surface area contributed by atoms with Crippen LogP contribution in [0.15, 0.2) is 4.79 Å². The molecule has 0 fully saturated rings. The zero-order valence-corrected chi connectivity index (χ0v) is 10.1. The first kappa shape index (κ1) is 12.8. The largest absolute Gasteiger partial charge is 0.371 e. The Morgan fingerprint density at radius 2 is 2.12 bits per heavy atom. The quantitative estimate of drug-likeness (QED) is 0.777. The molecule has 0 spiro atoms. The van der Waals surface area contributed by atoms with E-state index in [9.17, 15) is 4.79 Å². The van der Waals surface area contributed by atoms with E-state index in [2.05, 4.69) is 15.2 Å². The predicted octanol–water partition coefficient (Wildman–Crippen LogP) is 0.456. The van der Waals surface area contributed by atoms with Gasteiger partial charge in [0.05, 0.1) is 6.04 Å². The van der Waals surface area contributed by atoms with Gasteiger partial charge in [-0.15, -0.1) is 10.2 Å². The molecule has 0 amide bonds. The number of aromatic amines is 1. The first-order chi connectivity index (χ1) is 7.42. The van der Waals surface area contributed by atoms with Crippen molar-refractivity contribution in [2.75, 3.05) is 7.11 Å². The van der Waals surface area contributed by atoms with Crippen molar-refractivity contribution >= 4 is 0 Å². The summed E-state index contributed by atoms with van der Waals surface area (Å²) in [6.07, 6.45) is 0.644. The monoisotopic (exact) mass is 226 g/mol. The topological polar surface area (TPSA) is 93.9 Å². The summed E-state index contributed by atoms with van der Waals surface area (Å²) < 4.78 is 5.20. The van der Waals surface area contributed by atoms with E-state index in [0.717, 1.165) is 0 Å². The minimum atomic E-state index is -0.666. The van der Waals surface area contributed by atoms with Gasteiger partial charge in [0.2, 0.25) is 0 Å². The molecule has 6 nitrogen and oxygen atoms in total. The van der Waals surface area contributed by atoms with Gasteiger partial charge < -0.3 is 15.5 Å². The molecule has 16 heavy (non-hydrogen) atoms. The number of nitrogens with zero attached hydrogens (tertiary/aromatic N) is 2. The number of ether oxygens (including phenoxy) is 1. The average molecular weight is 226 g/mol. The number of aromatic nitrogens is 3. The maximum Gasteiger partial charge on any atom is 0.274 e. The van der Waals surface area contributed by atoms with E-state index >= 15 is 0 Å². The maximum absolute atomic E-state index is 11.7. The number of hydrogen-bond donors (Lipinski definition) is 2. The summed E-state index contributed by atoms with van der Waals surface area (Å²) in [5.74, 6) is 0.395. The van der Waals surface area contributed by atoms with Gasteiger partial charge in [-0.25, -0.2) is 0 Å². The molecule has 0 saturated carbocycles. The maximum atomic E-state index is 11.7. The highest BCUT2D eigenvalue weighted by atomic mass is 16.5. The molecule has 3 N–H and O–H groups in total. The van der Waals surface area contributed by atoms with Gasteiger partial charge in [-0.1, -0.05) is 6.92 Å². The standard InChI is InChI=1S/C10H18N4O2/c1-5-6(11)7-8(15)12-9(14-13-7)10(2,3)16-4/h6H,5,11H2,1-4H3,(H,12,14,15). The van der Waals surface area contributed by atoms with Crippen molar-refractivity contribution in [1.29, 1.82) is 0 Å². The van der Waals surface area contributed by atoms with Gasteiger partial charge >= 0.3 is 0 Å². The van der Waals surface area contributed by atoms with Crippen LogP contribution in [-0.4, -0.2) is 22.3 Å². The van der Waals surface area contributed by atoms with Gasteiger partial charge in [0.15, 0.2) is 5.82 Å². The lowest BCUT2D eigenvalue weighted by Crippen LogP contribution is -2.31. The second-order valence-electron chi connectivity index (χ2n) is 4.12. The summed E-state index contributed by atoms with van der Waals surface area (Å²) in [6, 6.07) is -0.379. The number of nitrogens with one attached hydrogen (secondary N) is 1. The van der Waals surface area contributed by atoms with Crippen LogP contribution in [0, 0.1) is 0 Å². The van der Waals surface area contributed by atoms with E-state index in [0.29, 0.717) is 12.2 Å². The first-order valence-electron chi connectivity index (χ1n) is 5.20. The third-order valence-electron chi connectivity index (χ3n) is 2.59. The molecule has 1 heterocycles. The lowest BCUT2D eigenvalue weighted by atomic mass is 10.1. The van der Waals surface area contributed by atoms with Gasteiger partial charge in [-0.2, -0.15) is 0 Å². The Hall–Kier alpha value is -1.27. The van der Waals surface area contributed by atoms with Gasteiger partial charge in [-0.05, 0) is 20.3 Å². The van der Waals surface area contributed by atoms with Crippen LogP contribution >= 0.6 is 0 Å². The number of nitrogens with two attached hydrogens (primary N) is 1. The summed E-state index contributed by atoms with van der Waals surface area (Å²) >= 11 is 0. The molecule has 0 aliphatic heterocycles. The van der Waals surface area contributed by atoms with E-state index in [1.807, 2.05) is 6.92 Å². The fraction of sp³-hybridized carbons (Fsp3) is 0.700. The highest BCUT2D eigenvalue weighted by Gasteiger charge is 2.24. The SMILES string of the molecule is CCC(N)c1nnc(C(C)(C)OC)[nH]c1=O. The summed E-state index contributed by atoms with van der Waals surface area (Å²) in [6.45, 7) is 5.48. The van der Waals surface area contributed by atoms with Crippen molar-refractivity contribution in [1.82, 2.24) is 15.2 Å². The number of hydrogen-bond acceptors (Lipinski definition) is 5. The number of methoxy groups -OCH3 is 1. The van der Waals surface area contributed by atoms with Crippen LogP contribution in [0.4, 0.5) is 0 Å². The van der Waals surface area contributed by atoms with E-state index in [4.69, 9.17) is 10.5 Å². The van der Waals surface area contributed by atoms with E-state index < -0.39 is 5.60 Å². The Kier molecular flexibility index (Phi) is 3.77. The molecule has 6 heteroatoms. The van der Waals surface area contributed by atoms with Crippen LogP contribution in [0.2, 0.25) is 0 Å². The summed E-state index contributed by atoms with van der Waals surface area (Å²) in [4.78, 5) is 14.4. The first-order valence-corrected chi connectivity index (χ1v) is 5.20. The van der Waals surface area contributed by atoms with Crippen molar-refractivity contribution in [3.8, 4) is 0 Å². The lowest BCUT2D eigenvalue weighted by molar-refractivity contribution is 0.0102. The Bertz CT molecular complexity index is 414. The molecule has 0 saturated heterocycles. The number of rotatable bonds is 4. The second-order valence-corrected chi connectivity index (χ2v) is 4.12. The van der Waals surface area contributed by atoms with Gasteiger partial charge in [0.1, 0.15) is 11.3 Å². The zero-order valence-electron chi connectivity index (χ0n) is 10.1. The van der Waals surface area contributed by atoms with Crippen LogP contribution in [-0.2, 0) is 10.3 Å². The van der Waals surface area contributed by atoms with Crippen LogP contribution < -0.4 is 11.3 Å². The lowest BCUT2D eigenvalue weighted by Gasteiger charge is -2.21. The summed E-state index contributed by atoms with van der Waals surface area (Å²) in [5.41, 5.74) is 5.03. The molecule has 0 aliphatic carbocycles. The predicted molar refractivity (Wildman–Crippen MR) is 59.9 cm³/mol. The van der Waals surface area contributed by atoms with Crippen molar-refractivity contribution in [3.05, 3.63) is 21.9 Å². The molecular weight excluding hydrogens is 208 g/mol. The van der Waals surface area contributed by atoms with Crippen molar-refractivity contribution in [3.63, 3.8) is 0 Å². The van der Waals surface area contributed by atoms with Gasteiger partial charge in [0, 0.05) is 7.11 Å². The normalized spacial score (nSPS) is 13.8. The van der Waals surface area contributed by atoms with E-state index in [1.54, 1.807) is 21.0 Å². The average Bonchev–Trinajstić information content (AvgIpc) is 2.28. The molecule has 0 radical (unpaired) electrons. The van der Waals surface area contributed by atoms with Gasteiger partial charge in [0.25, 0.3) is 5.56 Å². The van der Waals surface area contributed by atoms with Crippen LogP contribution in [0.3, 0.4) is 0 Å². The third kappa shape index (κ3) is 2.45. The molecule has 1 aromatic rings. The van der Waals surface area contributed by atoms with Crippen LogP contribution in [0.25, 0.3) is 0 Å². The number of H-pyrrole nitrogens is 1. The highest BCUT2D eigenvalue weighted by molar-refractivity contribution is 5.04. The Morgan fingerprint density at radius 1 is 1.50 bits per heavy atom. The fourth-order valence-corrected chi connectivity index (χ4v) is 1.15. The van der Waals surface area contributed by atoms with Crippen molar-refractivity contribution < 1.29 is 4.74 Å². The van der Waals surface area contributed by atoms with Gasteiger partial charge in [-0.3, -0.25) is 4.79 Å². The Labute approximate surface area is 94.2 Å². The molecule has 0 bridgehead atoms. The molecule has 0 aliphatic rings. The van der Waals surface area contributed by atoms with Crippen LogP contribution in [0.1, 0.15) is 44.8 Å². The zero-order chi connectivity index (χ0) is 12.3. The summed E-state index contributed by atoms with van der Waals surface area (Å²) in [5, 5.41) is 7.80. The molecule has 1 aromatic heterocycles. The van der Waals surface area contributed by atoms with Crippen molar-refractivity contribution in [2.45, 2.75) is 38.8 Å². The Balaban J connectivity index is 3.14. The Morgan fingerprint density at radius 3 is 2.56 bits per heavy atom. The molecule has 90 valence electrons. The molecule has 1 unspecified atom stereocenters. The second kappa shape index (κ2) is 4.71. The smallest absolute Gasteiger partial charge is 0.274 e. The minimum absolute atomic E-state index is 0.262. The summed E-state index contributed by atoms with van der Waals surface area (Å²) in [7, 11) is 1.55. The van der Waals surface area contributed by atoms with Crippen molar-refractivity contribution in [2.24, 2.45) is 5.73 Å². The molecule has 0 aromatic carbocycles. The van der Waals surface area contributed by atoms with Crippen LogP contribution in [0.5, 0.6) is 0 Å². The third-order valence-corrected chi connectivity index (χ3v) is 2.59. The molecular formula is C10H18N4O2. The molecule has 1 atom stereocenters. The van der Waals surface area contributed by atoms with E-state index in [-0.39, 0.29) is 17.3 Å². The minimum Gasteiger partial charge on any atom is -0.371 e. The molecule has 1 rings (SSSR count). The highest BCUT2D eigenvalue weighted by Crippen LogP contribution is 2.18. The van der Waals surface area contributed by atoms with E-state index in [1.165, 1.54) is 0 Å².